The predicted molar refractivity (Wildman–Crippen MR) is 140 cm³/mol. The number of hydrogen-bond acceptors (Lipinski definition) is 4. The van der Waals surface area contributed by atoms with E-state index in [0.717, 1.165) is 17.8 Å². The highest BCUT2D eigenvalue weighted by Crippen LogP contribution is 2.64. The summed E-state index contributed by atoms with van der Waals surface area (Å²) in [5, 5.41) is 18.4. The third-order valence-electron chi connectivity index (χ3n) is 8.59. The van der Waals surface area contributed by atoms with Crippen molar-refractivity contribution in [3.63, 3.8) is 0 Å². The minimum absolute atomic E-state index is 0.0985. The average Bonchev–Trinajstić information content (AvgIpc) is 3.83. The second-order valence-corrected chi connectivity index (χ2v) is 10.7. The molecular weight excluding hydrogens is 448 g/mol. The zero-order valence-corrected chi connectivity index (χ0v) is 20.7. The molecule has 2 fully saturated rings. The number of carboxylic acid groups (broad SMARTS) is 1. The number of carboxylic acids is 1. The van der Waals surface area contributed by atoms with Gasteiger partial charge < -0.3 is 14.9 Å². The first-order chi connectivity index (χ1) is 17.4. The van der Waals surface area contributed by atoms with Crippen LogP contribution in [0.25, 0.3) is 0 Å². The summed E-state index contributed by atoms with van der Waals surface area (Å²) < 4.78 is 5.99. The molecule has 3 unspecified atom stereocenters. The molecule has 5 heteroatoms. The highest BCUT2D eigenvalue weighted by Gasteiger charge is 2.66. The van der Waals surface area contributed by atoms with Gasteiger partial charge in [0.25, 0.3) is 0 Å². The highest BCUT2D eigenvalue weighted by atomic mass is 16.5. The van der Waals surface area contributed by atoms with Crippen LogP contribution in [0, 0.1) is 18.3 Å². The summed E-state index contributed by atoms with van der Waals surface area (Å²) in [5.74, 6) is 0.985. The van der Waals surface area contributed by atoms with E-state index in [1.807, 2.05) is 25.1 Å². The Bertz CT molecular complexity index is 1310. The van der Waals surface area contributed by atoms with Gasteiger partial charge in [-0.3, -0.25) is 4.79 Å². The smallest absolute Gasteiger partial charge is 0.311 e. The molecule has 2 N–H and O–H groups in total. The Morgan fingerprint density at radius 2 is 1.64 bits per heavy atom. The summed E-state index contributed by atoms with van der Waals surface area (Å²) in [5.41, 5.74) is 2.36. The fraction of sp³-hybridized carbons (Fsp3) is 0.355. The van der Waals surface area contributed by atoms with E-state index >= 15 is 0 Å². The molecule has 6 rings (SSSR count). The Morgan fingerprint density at radius 1 is 1.03 bits per heavy atom. The molecule has 3 aromatic rings. The summed E-state index contributed by atoms with van der Waals surface area (Å²) in [6, 6.07) is 21.1. The van der Waals surface area contributed by atoms with Crippen LogP contribution in [0.3, 0.4) is 0 Å². The first-order valence-electron chi connectivity index (χ1n) is 12.9. The summed E-state index contributed by atoms with van der Waals surface area (Å²) in [4.78, 5) is 12.6. The number of nitrogens with one attached hydrogen (secondary N) is 1. The molecule has 3 aliphatic carbocycles. The van der Waals surface area contributed by atoms with E-state index in [1.165, 1.54) is 11.1 Å². The third kappa shape index (κ3) is 3.60. The van der Waals surface area contributed by atoms with E-state index in [-0.39, 0.29) is 12.0 Å². The molecule has 2 aromatic carbocycles. The molecule has 0 aliphatic heterocycles. The number of allylic oxidation sites excluding steroid dienone is 4. The lowest BCUT2D eigenvalue weighted by atomic mass is 9.66. The van der Waals surface area contributed by atoms with Crippen LogP contribution in [0.1, 0.15) is 60.6 Å². The number of carbonyl (C=O) groups is 1. The number of rotatable bonds is 8. The lowest BCUT2D eigenvalue weighted by Gasteiger charge is -2.35. The zero-order chi connectivity index (χ0) is 24.9. The van der Waals surface area contributed by atoms with Gasteiger partial charge in [-0.15, -0.1) is 0 Å². The fourth-order valence-electron chi connectivity index (χ4n) is 6.15. The second-order valence-electron chi connectivity index (χ2n) is 10.7. The number of benzene rings is 2. The molecule has 0 bridgehead atoms. The van der Waals surface area contributed by atoms with Crippen LogP contribution in [0.4, 0.5) is 5.69 Å². The molecule has 1 heterocycles. The Labute approximate surface area is 211 Å². The van der Waals surface area contributed by atoms with E-state index in [0.29, 0.717) is 30.4 Å². The van der Waals surface area contributed by atoms with Gasteiger partial charge in [-0.2, -0.15) is 0 Å². The van der Waals surface area contributed by atoms with Crippen molar-refractivity contribution in [1.82, 2.24) is 5.16 Å². The van der Waals surface area contributed by atoms with Crippen LogP contribution in [0.15, 0.2) is 89.5 Å². The number of aryl methyl sites for hydroxylation is 1. The predicted octanol–water partition coefficient (Wildman–Crippen LogP) is 6.60. The first-order valence-corrected chi connectivity index (χ1v) is 12.9. The van der Waals surface area contributed by atoms with Crippen LogP contribution in [0.5, 0.6) is 0 Å². The maximum absolute atomic E-state index is 12.6. The Hall–Kier alpha value is -3.60. The van der Waals surface area contributed by atoms with Gasteiger partial charge in [0, 0.05) is 12.0 Å². The number of aliphatic carboxylic acids is 1. The fourth-order valence-corrected chi connectivity index (χ4v) is 6.15. The minimum atomic E-state index is -0.917. The van der Waals surface area contributed by atoms with Crippen molar-refractivity contribution in [3.05, 3.63) is 108 Å². The van der Waals surface area contributed by atoms with Crippen LogP contribution in [-0.2, 0) is 10.2 Å². The van der Waals surface area contributed by atoms with Gasteiger partial charge in [-0.1, -0.05) is 90.1 Å². The summed E-state index contributed by atoms with van der Waals surface area (Å²) in [6.45, 7) is 4.14. The van der Waals surface area contributed by atoms with Crippen molar-refractivity contribution in [2.45, 2.75) is 56.4 Å². The average molecular weight is 481 g/mol. The molecule has 1 aromatic heterocycles. The second kappa shape index (κ2) is 8.51. The lowest BCUT2D eigenvalue weighted by molar-refractivity contribution is -0.145. The molecule has 0 saturated heterocycles. The van der Waals surface area contributed by atoms with E-state index in [9.17, 15) is 9.90 Å². The summed E-state index contributed by atoms with van der Waals surface area (Å²) >= 11 is 0. The Morgan fingerprint density at radius 3 is 2.22 bits per heavy atom. The third-order valence-corrected chi connectivity index (χ3v) is 8.59. The maximum atomic E-state index is 12.6. The molecule has 0 radical (unpaired) electrons. The SMILES string of the molecule is Cc1noc(C2(C3(C(=O)O)CC3)C=CC(c3ccccc3)C=C2)c1NC(C)C1CC1c1ccccc1. The van der Waals surface area contributed by atoms with Gasteiger partial charge >= 0.3 is 5.97 Å². The number of aromatic nitrogens is 1. The van der Waals surface area contributed by atoms with Gasteiger partial charge in [-0.25, -0.2) is 0 Å². The molecular formula is C31H32N2O3. The van der Waals surface area contributed by atoms with Crippen molar-refractivity contribution < 1.29 is 14.4 Å². The summed E-state index contributed by atoms with van der Waals surface area (Å²) in [6.07, 6.45) is 10.7. The van der Waals surface area contributed by atoms with Gasteiger partial charge in [0.1, 0.15) is 11.4 Å². The van der Waals surface area contributed by atoms with Crippen LogP contribution in [0.2, 0.25) is 0 Å². The standard InChI is InChI=1S/C31H32N2O3/c1-20(25-19-26(25)24-11-7-4-8-12-24)32-27-21(2)33-36-28(27)30(31(17-18-31)29(34)35)15-13-23(14-16-30)22-9-5-3-6-10-22/h3-16,20,23,25-26,32H,17-19H2,1-2H3,(H,34,35). The molecule has 2 saturated carbocycles. The normalized spacial score (nSPS) is 28.4. The monoisotopic (exact) mass is 480 g/mol. The Kier molecular flexibility index (Phi) is 5.40. The quantitative estimate of drug-likeness (QED) is 0.355. The molecule has 0 spiro atoms. The van der Waals surface area contributed by atoms with Crippen molar-refractivity contribution in [2.24, 2.45) is 11.3 Å². The van der Waals surface area contributed by atoms with Crippen LogP contribution < -0.4 is 5.32 Å². The summed E-state index contributed by atoms with van der Waals surface area (Å²) in [7, 11) is 0. The van der Waals surface area contributed by atoms with Crippen molar-refractivity contribution >= 4 is 11.7 Å². The Balaban J connectivity index is 1.33. The van der Waals surface area contributed by atoms with Gasteiger partial charge in [-0.05, 0) is 56.1 Å². The largest absolute Gasteiger partial charge is 0.481 e. The number of anilines is 1. The van der Waals surface area contributed by atoms with Crippen LogP contribution >= 0.6 is 0 Å². The molecule has 0 amide bonds. The maximum Gasteiger partial charge on any atom is 0.311 e. The molecule has 184 valence electrons. The van der Waals surface area contributed by atoms with Crippen molar-refractivity contribution in [1.29, 1.82) is 0 Å². The molecule has 3 atom stereocenters. The van der Waals surface area contributed by atoms with E-state index in [2.05, 4.69) is 84.2 Å². The van der Waals surface area contributed by atoms with E-state index < -0.39 is 16.8 Å². The highest BCUT2D eigenvalue weighted by molar-refractivity contribution is 5.83. The topological polar surface area (TPSA) is 75.4 Å². The zero-order valence-electron chi connectivity index (χ0n) is 20.7. The van der Waals surface area contributed by atoms with Crippen molar-refractivity contribution in [2.75, 3.05) is 5.32 Å². The number of nitrogens with zero attached hydrogens (tertiary/aromatic N) is 1. The minimum Gasteiger partial charge on any atom is -0.481 e. The van der Waals surface area contributed by atoms with Gasteiger partial charge in [0.15, 0.2) is 5.76 Å². The van der Waals surface area contributed by atoms with Gasteiger partial charge in [0.05, 0.1) is 10.8 Å². The van der Waals surface area contributed by atoms with E-state index in [1.54, 1.807) is 0 Å². The number of hydrogen-bond donors (Lipinski definition) is 2. The first kappa shape index (κ1) is 22.8. The van der Waals surface area contributed by atoms with E-state index in [4.69, 9.17) is 4.52 Å². The lowest BCUT2D eigenvalue weighted by Crippen LogP contribution is -2.40. The van der Waals surface area contributed by atoms with Crippen molar-refractivity contribution in [3.8, 4) is 0 Å². The molecule has 5 nitrogen and oxygen atoms in total. The van der Waals surface area contributed by atoms with Gasteiger partial charge in [0.2, 0.25) is 0 Å². The molecule has 3 aliphatic rings. The van der Waals surface area contributed by atoms with Crippen LogP contribution in [-0.4, -0.2) is 22.3 Å². The molecule has 36 heavy (non-hydrogen) atoms.